The maximum absolute atomic E-state index is 6.07. The Bertz CT molecular complexity index is 604. The number of ether oxygens (including phenoxy) is 2. The number of rotatable bonds is 10. The third-order valence-electron chi connectivity index (χ3n) is 4.73. The summed E-state index contributed by atoms with van der Waals surface area (Å²) in [7, 11) is 0. The molecule has 0 radical (unpaired) electrons. The van der Waals surface area contributed by atoms with Gasteiger partial charge in [0.15, 0.2) is 5.96 Å². The number of nitrogens with zero attached hydrogens (tertiary/aromatic N) is 2. The smallest absolute Gasteiger partial charge is 0.191 e. The molecule has 0 saturated carbocycles. The summed E-state index contributed by atoms with van der Waals surface area (Å²) in [4.78, 5) is 7.14. The van der Waals surface area contributed by atoms with Crippen LogP contribution in [0, 0.1) is 0 Å². The van der Waals surface area contributed by atoms with Crippen molar-refractivity contribution in [3.05, 3.63) is 29.8 Å². The zero-order valence-electron chi connectivity index (χ0n) is 17.8. The van der Waals surface area contributed by atoms with E-state index in [0.717, 1.165) is 63.2 Å². The first-order valence-corrected chi connectivity index (χ1v) is 11.3. The molecule has 1 aromatic carbocycles. The molecule has 2 N–H and O–H groups in total. The fourth-order valence-electron chi connectivity index (χ4n) is 2.76. The highest BCUT2D eigenvalue weighted by atomic mass is 32.2. The van der Waals surface area contributed by atoms with Crippen molar-refractivity contribution in [1.82, 2.24) is 15.5 Å². The van der Waals surface area contributed by atoms with Crippen molar-refractivity contribution < 1.29 is 9.47 Å². The molecule has 1 saturated heterocycles. The summed E-state index contributed by atoms with van der Waals surface area (Å²) in [5.74, 6) is 1.76. The third-order valence-corrected chi connectivity index (χ3v) is 5.98. The highest BCUT2D eigenvalue weighted by Crippen LogP contribution is 2.20. The Labute approximate surface area is 174 Å². The molecule has 1 heterocycles. The van der Waals surface area contributed by atoms with E-state index < -0.39 is 0 Å². The molecular formula is C21H36N4O2S. The fourth-order valence-corrected chi connectivity index (χ4v) is 2.98. The van der Waals surface area contributed by atoms with Gasteiger partial charge in [-0.05, 0) is 33.1 Å². The van der Waals surface area contributed by atoms with E-state index in [9.17, 15) is 0 Å². The molecule has 0 bridgehead atoms. The van der Waals surface area contributed by atoms with Crippen molar-refractivity contribution in [3.8, 4) is 5.75 Å². The van der Waals surface area contributed by atoms with E-state index in [0.29, 0.717) is 13.2 Å². The average molecular weight is 409 g/mol. The summed E-state index contributed by atoms with van der Waals surface area (Å²) < 4.78 is 11.6. The summed E-state index contributed by atoms with van der Waals surface area (Å²) in [5, 5.41) is 6.77. The van der Waals surface area contributed by atoms with E-state index in [2.05, 4.69) is 48.6 Å². The van der Waals surface area contributed by atoms with Crippen molar-refractivity contribution in [2.24, 2.45) is 4.99 Å². The number of morpholine rings is 1. The molecule has 0 amide bonds. The standard InChI is InChI=1S/C21H36N4O2S/c1-5-22-20(24-17-21(2,3)28-4)23-16-18-8-6-7-9-19(18)27-15-12-25-10-13-26-14-11-25/h6-9H,5,10-17H2,1-4H3,(H2,22,23,24). The lowest BCUT2D eigenvalue weighted by atomic mass is 10.2. The molecule has 0 atom stereocenters. The normalized spacial score (nSPS) is 16.1. The van der Waals surface area contributed by atoms with Crippen molar-refractivity contribution in [2.75, 3.05) is 58.8 Å². The van der Waals surface area contributed by atoms with Crippen LogP contribution in [-0.4, -0.2) is 74.4 Å². The van der Waals surface area contributed by atoms with Gasteiger partial charge in [-0.2, -0.15) is 11.8 Å². The molecule has 6 nitrogen and oxygen atoms in total. The van der Waals surface area contributed by atoms with Gasteiger partial charge in [0.05, 0.1) is 19.8 Å². The van der Waals surface area contributed by atoms with Crippen LogP contribution >= 0.6 is 11.8 Å². The highest BCUT2D eigenvalue weighted by molar-refractivity contribution is 7.99. The first kappa shape index (κ1) is 22.8. The van der Waals surface area contributed by atoms with Crippen LogP contribution < -0.4 is 15.4 Å². The summed E-state index contributed by atoms with van der Waals surface area (Å²) in [6.45, 7) is 14.0. The number of aliphatic imine (C=N–C) groups is 1. The largest absolute Gasteiger partial charge is 0.492 e. The van der Waals surface area contributed by atoms with Crippen molar-refractivity contribution in [1.29, 1.82) is 0 Å². The van der Waals surface area contributed by atoms with E-state index >= 15 is 0 Å². The fraction of sp³-hybridized carbons (Fsp3) is 0.667. The van der Waals surface area contributed by atoms with Gasteiger partial charge in [-0.25, -0.2) is 4.99 Å². The van der Waals surface area contributed by atoms with E-state index in [-0.39, 0.29) is 4.75 Å². The number of guanidine groups is 1. The van der Waals surface area contributed by atoms with Crippen LogP contribution in [0.5, 0.6) is 5.75 Å². The minimum atomic E-state index is 0.163. The van der Waals surface area contributed by atoms with Crippen LogP contribution in [0.25, 0.3) is 0 Å². The van der Waals surface area contributed by atoms with E-state index in [1.807, 2.05) is 30.0 Å². The Morgan fingerprint density at radius 1 is 1.25 bits per heavy atom. The summed E-state index contributed by atoms with van der Waals surface area (Å²) in [5.41, 5.74) is 1.10. The maximum Gasteiger partial charge on any atom is 0.191 e. The van der Waals surface area contributed by atoms with Crippen LogP contribution in [0.15, 0.2) is 29.3 Å². The maximum atomic E-state index is 6.07. The molecule has 1 aliphatic rings. The molecule has 1 fully saturated rings. The van der Waals surface area contributed by atoms with Crippen molar-refractivity contribution in [3.63, 3.8) is 0 Å². The van der Waals surface area contributed by atoms with Crippen molar-refractivity contribution >= 4 is 17.7 Å². The summed E-state index contributed by atoms with van der Waals surface area (Å²) >= 11 is 1.85. The predicted molar refractivity (Wildman–Crippen MR) is 120 cm³/mol. The van der Waals surface area contributed by atoms with Crippen LogP contribution in [-0.2, 0) is 11.3 Å². The average Bonchev–Trinajstić information content (AvgIpc) is 2.72. The van der Waals surface area contributed by atoms with Gasteiger partial charge in [0.2, 0.25) is 0 Å². The van der Waals surface area contributed by atoms with E-state index in [1.165, 1.54) is 0 Å². The van der Waals surface area contributed by atoms with Crippen LogP contribution in [0.1, 0.15) is 26.3 Å². The molecule has 28 heavy (non-hydrogen) atoms. The van der Waals surface area contributed by atoms with Crippen LogP contribution in [0.2, 0.25) is 0 Å². The second-order valence-electron chi connectivity index (χ2n) is 7.42. The van der Waals surface area contributed by atoms with Crippen molar-refractivity contribution in [2.45, 2.75) is 32.1 Å². The molecule has 0 aliphatic carbocycles. The zero-order valence-corrected chi connectivity index (χ0v) is 18.6. The number of hydrogen-bond donors (Lipinski definition) is 2. The minimum Gasteiger partial charge on any atom is -0.492 e. The molecule has 7 heteroatoms. The number of hydrogen-bond acceptors (Lipinski definition) is 5. The SMILES string of the molecule is CCNC(=NCc1ccccc1OCCN1CCOCC1)NCC(C)(C)SC. The molecule has 158 valence electrons. The Morgan fingerprint density at radius 3 is 2.71 bits per heavy atom. The number of nitrogens with one attached hydrogen (secondary N) is 2. The molecule has 2 rings (SSSR count). The third kappa shape index (κ3) is 8.29. The Hall–Kier alpha value is -1.44. The van der Waals surface area contributed by atoms with Gasteiger partial charge in [-0.3, -0.25) is 4.90 Å². The second-order valence-corrected chi connectivity index (χ2v) is 8.94. The quantitative estimate of drug-likeness (QED) is 0.458. The molecule has 0 spiro atoms. The lowest BCUT2D eigenvalue weighted by Gasteiger charge is -2.26. The van der Waals surface area contributed by atoms with E-state index in [4.69, 9.17) is 14.5 Å². The second kappa shape index (κ2) is 12.2. The first-order valence-electron chi connectivity index (χ1n) is 10.1. The Balaban J connectivity index is 1.90. The number of benzene rings is 1. The van der Waals surface area contributed by atoms with Crippen LogP contribution in [0.4, 0.5) is 0 Å². The van der Waals surface area contributed by atoms with Gasteiger partial charge >= 0.3 is 0 Å². The number of thioether (sulfide) groups is 1. The topological polar surface area (TPSA) is 58.1 Å². The molecule has 0 unspecified atom stereocenters. The minimum absolute atomic E-state index is 0.163. The monoisotopic (exact) mass is 408 g/mol. The molecule has 1 aromatic rings. The molecular weight excluding hydrogens is 372 g/mol. The zero-order chi connectivity index (χ0) is 20.2. The Kier molecular flexibility index (Phi) is 9.95. The lowest BCUT2D eigenvalue weighted by molar-refractivity contribution is 0.0322. The molecule has 0 aromatic heterocycles. The van der Waals surface area contributed by atoms with Gasteiger partial charge in [-0.15, -0.1) is 0 Å². The van der Waals surface area contributed by atoms with Gasteiger partial charge < -0.3 is 20.1 Å². The first-order chi connectivity index (χ1) is 13.5. The van der Waals surface area contributed by atoms with Gasteiger partial charge in [-0.1, -0.05) is 18.2 Å². The predicted octanol–water partition coefficient (Wildman–Crippen LogP) is 2.59. The lowest BCUT2D eigenvalue weighted by Crippen LogP contribution is -2.43. The van der Waals surface area contributed by atoms with Gasteiger partial charge in [0.1, 0.15) is 12.4 Å². The van der Waals surface area contributed by atoms with E-state index in [1.54, 1.807) is 0 Å². The summed E-state index contributed by atoms with van der Waals surface area (Å²) in [6, 6.07) is 8.17. The van der Waals surface area contributed by atoms with Gasteiger partial charge in [0, 0.05) is 43.0 Å². The highest BCUT2D eigenvalue weighted by Gasteiger charge is 2.16. The van der Waals surface area contributed by atoms with Crippen LogP contribution in [0.3, 0.4) is 0 Å². The Morgan fingerprint density at radius 2 is 2.00 bits per heavy atom. The number of para-hydroxylation sites is 1. The van der Waals surface area contributed by atoms with Gasteiger partial charge in [0.25, 0.3) is 0 Å². The summed E-state index contributed by atoms with van der Waals surface area (Å²) in [6.07, 6.45) is 2.14. The molecule has 1 aliphatic heterocycles.